The summed E-state index contributed by atoms with van der Waals surface area (Å²) in [6, 6.07) is 7.70. The highest BCUT2D eigenvalue weighted by molar-refractivity contribution is 5.93. The molecule has 1 heterocycles. The van der Waals surface area contributed by atoms with Crippen LogP contribution < -0.4 is 0 Å². The van der Waals surface area contributed by atoms with E-state index in [1.807, 2.05) is 24.3 Å². The van der Waals surface area contributed by atoms with Gasteiger partial charge in [-0.3, -0.25) is 14.5 Å². The number of morpholine rings is 1. The van der Waals surface area contributed by atoms with E-state index in [1.54, 1.807) is 7.05 Å². The number of hydrogen-bond acceptors (Lipinski definition) is 4. The normalized spacial score (nSPS) is 23.0. The fourth-order valence-corrected chi connectivity index (χ4v) is 2.69. The number of amides is 1. The number of hydrogen-bond donors (Lipinski definition) is 0. The van der Waals surface area contributed by atoms with Crippen LogP contribution in [0.3, 0.4) is 0 Å². The van der Waals surface area contributed by atoms with Crippen molar-refractivity contribution in [3.63, 3.8) is 0 Å². The number of nitrogens with zero attached hydrogens (tertiary/aromatic N) is 2. The Labute approximate surface area is 126 Å². The van der Waals surface area contributed by atoms with E-state index < -0.39 is 0 Å². The van der Waals surface area contributed by atoms with Gasteiger partial charge in [0, 0.05) is 32.2 Å². The molecule has 21 heavy (non-hydrogen) atoms. The number of hydroxylamine groups is 2. The second-order valence-corrected chi connectivity index (χ2v) is 5.63. The summed E-state index contributed by atoms with van der Waals surface area (Å²) in [6.45, 7) is 6.97. The fraction of sp³-hybridized carbons (Fsp3) is 0.562. The predicted molar refractivity (Wildman–Crippen MR) is 80.8 cm³/mol. The van der Waals surface area contributed by atoms with E-state index in [2.05, 4.69) is 18.7 Å². The summed E-state index contributed by atoms with van der Waals surface area (Å²) >= 11 is 0. The van der Waals surface area contributed by atoms with Crippen LogP contribution in [0.2, 0.25) is 0 Å². The van der Waals surface area contributed by atoms with Gasteiger partial charge in [-0.05, 0) is 31.5 Å². The summed E-state index contributed by atoms with van der Waals surface area (Å²) in [5.41, 5.74) is 1.83. The zero-order valence-corrected chi connectivity index (χ0v) is 13.2. The lowest BCUT2D eigenvalue weighted by Crippen LogP contribution is -2.44. The number of carbonyl (C=O) groups excluding carboxylic acids is 1. The lowest BCUT2D eigenvalue weighted by atomic mass is 10.1. The third kappa shape index (κ3) is 4.27. The van der Waals surface area contributed by atoms with Gasteiger partial charge in [-0.15, -0.1) is 0 Å². The number of rotatable bonds is 4. The van der Waals surface area contributed by atoms with Gasteiger partial charge in [0.05, 0.1) is 19.3 Å². The van der Waals surface area contributed by atoms with Crippen LogP contribution in [0.1, 0.15) is 29.8 Å². The van der Waals surface area contributed by atoms with Crippen molar-refractivity contribution in [2.75, 3.05) is 27.2 Å². The van der Waals surface area contributed by atoms with Crippen molar-refractivity contribution in [2.45, 2.75) is 32.6 Å². The Morgan fingerprint density at radius 3 is 2.38 bits per heavy atom. The van der Waals surface area contributed by atoms with Crippen LogP contribution in [0.4, 0.5) is 0 Å². The predicted octanol–water partition coefficient (Wildman–Crippen LogP) is 1.93. The van der Waals surface area contributed by atoms with Crippen molar-refractivity contribution in [3.05, 3.63) is 35.4 Å². The van der Waals surface area contributed by atoms with Gasteiger partial charge in [-0.25, -0.2) is 5.06 Å². The topological polar surface area (TPSA) is 42.0 Å². The van der Waals surface area contributed by atoms with Crippen molar-refractivity contribution >= 4 is 5.91 Å². The van der Waals surface area contributed by atoms with E-state index >= 15 is 0 Å². The summed E-state index contributed by atoms with van der Waals surface area (Å²) < 4.78 is 5.74. The van der Waals surface area contributed by atoms with E-state index in [1.165, 1.54) is 17.7 Å². The SMILES string of the molecule is CON(C)C(=O)c1ccc(CN2C[C@@H](C)O[C@@H](C)C2)cc1. The molecule has 5 nitrogen and oxygen atoms in total. The average Bonchev–Trinajstić information content (AvgIpc) is 2.45. The quantitative estimate of drug-likeness (QED) is 0.795. The Morgan fingerprint density at radius 1 is 1.29 bits per heavy atom. The number of carbonyl (C=O) groups is 1. The van der Waals surface area contributed by atoms with Crippen molar-refractivity contribution in [1.29, 1.82) is 0 Å². The molecule has 1 aromatic rings. The highest BCUT2D eigenvalue weighted by Crippen LogP contribution is 2.15. The average molecular weight is 292 g/mol. The van der Waals surface area contributed by atoms with Gasteiger partial charge in [-0.2, -0.15) is 0 Å². The van der Waals surface area contributed by atoms with Crippen molar-refractivity contribution in [1.82, 2.24) is 9.96 Å². The van der Waals surface area contributed by atoms with Crippen LogP contribution in [0.25, 0.3) is 0 Å². The van der Waals surface area contributed by atoms with Gasteiger partial charge < -0.3 is 4.74 Å². The molecule has 0 aliphatic carbocycles. The van der Waals surface area contributed by atoms with Crippen LogP contribution in [-0.4, -0.2) is 55.3 Å². The molecule has 2 atom stereocenters. The van der Waals surface area contributed by atoms with Gasteiger partial charge >= 0.3 is 0 Å². The smallest absolute Gasteiger partial charge is 0.277 e. The molecule has 2 rings (SSSR count). The minimum atomic E-state index is -0.141. The Balaban J connectivity index is 1.98. The molecule has 0 aromatic heterocycles. The van der Waals surface area contributed by atoms with Gasteiger partial charge in [-0.1, -0.05) is 12.1 Å². The van der Waals surface area contributed by atoms with Crippen LogP contribution in [0, 0.1) is 0 Å². The molecule has 1 aliphatic heterocycles. The lowest BCUT2D eigenvalue weighted by molar-refractivity contribution is -0.0757. The summed E-state index contributed by atoms with van der Waals surface area (Å²) in [7, 11) is 3.08. The molecule has 1 saturated heterocycles. The summed E-state index contributed by atoms with van der Waals surface area (Å²) in [4.78, 5) is 19.2. The van der Waals surface area contributed by atoms with Gasteiger partial charge in [0.2, 0.25) is 0 Å². The largest absolute Gasteiger partial charge is 0.373 e. The Bertz CT molecular complexity index is 465. The standard InChI is InChI=1S/C16H24N2O3/c1-12-9-18(10-13(2)21-12)11-14-5-7-15(8-6-14)16(19)17(3)20-4/h5-8,12-13H,9-11H2,1-4H3/t12-,13+. The maximum absolute atomic E-state index is 11.9. The first-order valence-corrected chi connectivity index (χ1v) is 7.28. The second-order valence-electron chi connectivity index (χ2n) is 5.63. The molecule has 0 spiro atoms. The van der Waals surface area contributed by atoms with Crippen LogP contribution in [0.5, 0.6) is 0 Å². The highest BCUT2D eigenvalue weighted by atomic mass is 16.7. The minimum absolute atomic E-state index is 0.141. The third-order valence-corrected chi connectivity index (χ3v) is 3.66. The van der Waals surface area contributed by atoms with Gasteiger partial charge in [0.15, 0.2) is 0 Å². The molecule has 0 saturated carbocycles. The van der Waals surface area contributed by atoms with Gasteiger partial charge in [0.1, 0.15) is 0 Å². The minimum Gasteiger partial charge on any atom is -0.373 e. The zero-order chi connectivity index (χ0) is 15.4. The first-order chi connectivity index (χ1) is 9.99. The zero-order valence-electron chi connectivity index (χ0n) is 13.2. The summed E-state index contributed by atoms with van der Waals surface area (Å²) in [5.74, 6) is -0.141. The van der Waals surface area contributed by atoms with Crippen LogP contribution in [0.15, 0.2) is 24.3 Å². The second kappa shape index (κ2) is 7.02. The molecule has 0 unspecified atom stereocenters. The van der Waals surface area contributed by atoms with Gasteiger partial charge in [0.25, 0.3) is 5.91 Å². The fourth-order valence-electron chi connectivity index (χ4n) is 2.69. The first-order valence-electron chi connectivity index (χ1n) is 7.28. The molecule has 1 fully saturated rings. The molecule has 0 N–H and O–H groups in total. The van der Waals surface area contributed by atoms with E-state index in [9.17, 15) is 4.79 Å². The monoisotopic (exact) mass is 292 g/mol. The molecule has 0 bridgehead atoms. The van der Waals surface area contributed by atoms with E-state index in [-0.39, 0.29) is 18.1 Å². The van der Waals surface area contributed by atoms with Crippen LogP contribution in [-0.2, 0) is 16.1 Å². The molecule has 116 valence electrons. The Hall–Kier alpha value is -1.43. The lowest BCUT2D eigenvalue weighted by Gasteiger charge is -2.35. The third-order valence-electron chi connectivity index (χ3n) is 3.66. The summed E-state index contributed by atoms with van der Waals surface area (Å²) in [5, 5.41) is 1.22. The molecule has 1 aliphatic rings. The van der Waals surface area contributed by atoms with Crippen LogP contribution >= 0.6 is 0 Å². The van der Waals surface area contributed by atoms with E-state index in [0.717, 1.165) is 19.6 Å². The first kappa shape index (κ1) is 15.9. The van der Waals surface area contributed by atoms with E-state index in [0.29, 0.717) is 5.56 Å². The summed E-state index contributed by atoms with van der Waals surface area (Å²) in [6.07, 6.45) is 0.537. The molecular formula is C16H24N2O3. The van der Waals surface area contributed by atoms with E-state index in [4.69, 9.17) is 9.57 Å². The Morgan fingerprint density at radius 2 is 1.86 bits per heavy atom. The van der Waals surface area contributed by atoms with Crippen molar-refractivity contribution < 1.29 is 14.4 Å². The highest BCUT2D eigenvalue weighted by Gasteiger charge is 2.22. The maximum atomic E-state index is 11.9. The molecule has 1 amide bonds. The molecular weight excluding hydrogens is 268 g/mol. The molecule has 1 aromatic carbocycles. The maximum Gasteiger partial charge on any atom is 0.277 e. The number of ether oxygens (including phenoxy) is 1. The number of benzene rings is 1. The molecule has 0 radical (unpaired) electrons. The Kier molecular flexibility index (Phi) is 5.33. The molecule has 5 heteroatoms. The van der Waals surface area contributed by atoms with Crippen molar-refractivity contribution in [2.24, 2.45) is 0 Å². The van der Waals surface area contributed by atoms with Crippen molar-refractivity contribution in [3.8, 4) is 0 Å².